The Balaban J connectivity index is 2.81. The molecule has 1 atom stereocenters. The summed E-state index contributed by atoms with van der Waals surface area (Å²) < 4.78 is 6.05. The van der Waals surface area contributed by atoms with E-state index in [4.69, 9.17) is 4.74 Å². The molecule has 0 heterocycles. The average Bonchev–Trinajstić information content (AvgIpc) is 2.26. The molecular weight excluding hydrogens is 288 g/mol. The molecule has 0 radical (unpaired) electrons. The molecule has 1 aromatic rings. The summed E-state index contributed by atoms with van der Waals surface area (Å²) in [6.07, 6.45) is 0. The van der Waals surface area contributed by atoms with Crippen molar-refractivity contribution in [3.63, 3.8) is 0 Å². The molecule has 1 aromatic carbocycles. The lowest BCUT2D eigenvalue weighted by atomic mass is 10.2. The molecule has 5 nitrogen and oxygen atoms in total. The molecule has 0 aliphatic heterocycles. The Morgan fingerprint density at radius 1 is 1.59 bits per heavy atom. The van der Waals surface area contributed by atoms with Crippen molar-refractivity contribution < 1.29 is 9.66 Å². The number of nitrogens with one attached hydrogen (secondary N) is 1. The van der Waals surface area contributed by atoms with Gasteiger partial charge in [-0.15, -0.1) is 0 Å². The first-order valence-corrected chi connectivity index (χ1v) is 6.12. The predicted octanol–water partition coefficient (Wildman–Crippen LogP) is 3.19. The van der Waals surface area contributed by atoms with E-state index in [1.54, 1.807) is 12.1 Å². The maximum Gasteiger partial charge on any atom is 0.292 e. The summed E-state index contributed by atoms with van der Waals surface area (Å²) in [5.41, 5.74) is 0.563. The standard InChI is InChI=1S/C11H15BrN2O3/c1-3-17-7-8(2)13-10-6-9(12)4-5-11(10)14(15)16/h4-6,8,13H,3,7H2,1-2H3/t8-/m1/s1. The Hall–Kier alpha value is -1.14. The third-order valence-electron chi connectivity index (χ3n) is 2.13. The number of nitro groups is 1. The fraction of sp³-hybridized carbons (Fsp3) is 0.455. The van der Waals surface area contributed by atoms with E-state index < -0.39 is 4.92 Å². The average molecular weight is 303 g/mol. The Labute approximate surface area is 108 Å². The van der Waals surface area contributed by atoms with Crippen molar-refractivity contribution in [2.45, 2.75) is 19.9 Å². The molecule has 0 fully saturated rings. The molecule has 0 aromatic heterocycles. The van der Waals surface area contributed by atoms with Crippen molar-refractivity contribution in [3.8, 4) is 0 Å². The van der Waals surface area contributed by atoms with Crippen LogP contribution in [0.5, 0.6) is 0 Å². The van der Waals surface area contributed by atoms with Gasteiger partial charge in [-0.3, -0.25) is 10.1 Å². The summed E-state index contributed by atoms with van der Waals surface area (Å²) in [6.45, 7) is 4.97. The number of halogens is 1. The molecule has 6 heteroatoms. The van der Waals surface area contributed by atoms with E-state index in [1.165, 1.54) is 6.07 Å². The number of nitro benzene ring substituents is 1. The fourth-order valence-electron chi connectivity index (χ4n) is 1.38. The van der Waals surface area contributed by atoms with Gasteiger partial charge in [-0.2, -0.15) is 0 Å². The number of ether oxygens (including phenoxy) is 1. The van der Waals surface area contributed by atoms with E-state index >= 15 is 0 Å². The highest BCUT2D eigenvalue weighted by Gasteiger charge is 2.15. The number of nitrogens with zero attached hydrogens (tertiary/aromatic N) is 1. The molecule has 0 saturated heterocycles. The third kappa shape index (κ3) is 4.32. The molecule has 0 bridgehead atoms. The van der Waals surface area contributed by atoms with Gasteiger partial charge >= 0.3 is 0 Å². The number of benzene rings is 1. The van der Waals surface area contributed by atoms with Crippen molar-refractivity contribution in [2.75, 3.05) is 18.5 Å². The van der Waals surface area contributed by atoms with Crippen molar-refractivity contribution in [3.05, 3.63) is 32.8 Å². The van der Waals surface area contributed by atoms with Crippen molar-refractivity contribution >= 4 is 27.3 Å². The molecule has 1 rings (SSSR count). The van der Waals surface area contributed by atoms with E-state index in [0.717, 1.165) is 4.47 Å². The van der Waals surface area contributed by atoms with Gasteiger partial charge < -0.3 is 10.1 Å². The minimum absolute atomic E-state index is 0.0166. The van der Waals surface area contributed by atoms with Gasteiger partial charge in [0.2, 0.25) is 0 Å². The lowest BCUT2D eigenvalue weighted by Gasteiger charge is -2.15. The Bertz CT molecular complexity index is 398. The third-order valence-corrected chi connectivity index (χ3v) is 2.62. The zero-order chi connectivity index (χ0) is 12.8. The maximum absolute atomic E-state index is 10.8. The fourth-order valence-corrected chi connectivity index (χ4v) is 1.75. The van der Waals surface area contributed by atoms with Gasteiger partial charge in [-0.25, -0.2) is 0 Å². The smallest absolute Gasteiger partial charge is 0.292 e. The normalized spacial score (nSPS) is 12.2. The first kappa shape index (κ1) is 13.9. The van der Waals surface area contributed by atoms with Gasteiger partial charge in [0.1, 0.15) is 5.69 Å². The van der Waals surface area contributed by atoms with Crippen LogP contribution in [0, 0.1) is 10.1 Å². The van der Waals surface area contributed by atoms with Crippen LogP contribution in [-0.4, -0.2) is 24.2 Å². The number of anilines is 1. The van der Waals surface area contributed by atoms with Gasteiger partial charge in [-0.1, -0.05) is 15.9 Å². The Kier molecular flexibility index (Phi) is 5.37. The van der Waals surface area contributed by atoms with Gasteiger partial charge in [0.05, 0.1) is 11.5 Å². The summed E-state index contributed by atoms with van der Waals surface area (Å²) in [5, 5.41) is 13.9. The molecular formula is C11H15BrN2O3. The first-order chi connectivity index (χ1) is 8.04. The predicted molar refractivity (Wildman–Crippen MR) is 70.4 cm³/mol. The van der Waals surface area contributed by atoms with Crippen LogP contribution in [0.4, 0.5) is 11.4 Å². The number of rotatable bonds is 6. The van der Waals surface area contributed by atoms with Gasteiger partial charge in [-0.05, 0) is 26.0 Å². The topological polar surface area (TPSA) is 64.4 Å². The highest BCUT2D eigenvalue weighted by Crippen LogP contribution is 2.28. The van der Waals surface area contributed by atoms with Crippen LogP contribution >= 0.6 is 15.9 Å². The monoisotopic (exact) mass is 302 g/mol. The van der Waals surface area contributed by atoms with Crippen LogP contribution in [0.15, 0.2) is 22.7 Å². The second kappa shape index (κ2) is 6.56. The Morgan fingerprint density at radius 3 is 2.88 bits per heavy atom. The summed E-state index contributed by atoms with van der Waals surface area (Å²) in [4.78, 5) is 10.4. The summed E-state index contributed by atoms with van der Waals surface area (Å²) in [7, 11) is 0. The highest BCUT2D eigenvalue weighted by molar-refractivity contribution is 9.10. The summed E-state index contributed by atoms with van der Waals surface area (Å²) >= 11 is 3.29. The first-order valence-electron chi connectivity index (χ1n) is 5.32. The van der Waals surface area contributed by atoms with Crippen LogP contribution in [0.1, 0.15) is 13.8 Å². The van der Waals surface area contributed by atoms with Gasteiger partial charge in [0, 0.05) is 23.2 Å². The van der Waals surface area contributed by atoms with Crippen LogP contribution < -0.4 is 5.32 Å². The number of hydrogen-bond donors (Lipinski definition) is 1. The second-order valence-corrected chi connectivity index (χ2v) is 4.54. The minimum atomic E-state index is -0.401. The van der Waals surface area contributed by atoms with E-state index in [1.807, 2.05) is 13.8 Å². The minimum Gasteiger partial charge on any atom is -0.380 e. The SMILES string of the molecule is CCOC[C@@H](C)Nc1cc(Br)ccc1[N+](=O)[O-]. The van der Waals surface area contributed by atoms with E-state index in [9.17, 15) is 10.1 Å². The molecule has 0 aliphatic carbocycles. The zero-order valence-corrected chi connectivity index (χ0v) is 11.4. The van der Waals surface area contributed by atoms with Crippen molar-refractivity contribution in [1.29, 1.82) is 0 Å². The van der Waals surface area contributed by atoms with Crippen molar-refractivity contribution in [2.24, 2.45) is 0 Å². The largest absolute Gasteiger partial charge is 0.380 e. The maximum atomic E-state index is 10.8. The van der Waals surface area contributed by atoms with Gasteiger partial charge in [0.25, 0.3) is 5.69 Å². The quantitative estimate of drug-likeness (QED) is 0.647. The lowest BCUT2D eigenvalue weighted by molar-refractivity contribution is -0.384. The second-order valence-electron chi connectivity index (χ2n) is 3.62. The number of hydrogen-bond acceptors (Lipinski definition) is 4. The molecule has 0 saturated carbocycles. The Morgan fingerprint density at radius 2 is 2.29 bits per heavy atom. The van der Waals surface area contributed by atoms with E-state index in [-0.39, 0.29) is 11.7 Å². The van der Waals surface area contributed by atoms with Crippen LogP contribution in [0.2, 0.25) is 0 Å². The van der Waals surface area contributed by atoms with E-state index in [0.29, 0.717) is 18.9 Å². The van der Waals surface area contributed by atoms with Crippen molar-refractivity contribution in [1.82, 2.24) is 0 Å². The summed E-state index contributed by atoms with van der Waals surface area (Å²) in [5.74, 6) is 0. The van der Waals surface area contributed by atoms with Gasteiger partial charge in [0.15, 0.2) is 0 Å². The zero-order valence-electron chi connectivity index (χ0n) is 9.77. The van der Waals surface area contributed by atoms with Crippen LogP contribution in [-0.2, 0) is 4.74 Å². The molecule has 0 unspecified atom stereocenters. The van der Waals surface area contributed by atoms with Crippen LogP contribution in [0.25, 0.3) is 0 Å². The summed E-state index contributed by atoms with van der Waals surface area (Å²) in [6, 6.07) is 4.83. The van der Waals surface area contributed by atoms with E-state index in [2.05, 4.69) is 21.2 Å². The highest BCUT2D eigenvalue weighted by atomic mass is 79.9. The lowest BCUT2D eigenvalue weighted by Crippen LogP contribution is -2.22. The molecule has 17 heavy (non-hydrogen) atoms. The van der Waals surface area contributed by atoms with Crippen LogP contribution in [0.3, 0.4) is 0 Å². The molecule has 0 aliphatic rings. The molecule has 0 spiro atoms. The molecule has 0 amide bonds. The molecule has 94 valence electrons. The molecule has 1 N–H and O–H groups in total.